The van der Waals surface area contributed by atoms with Crippen molar-refractivity contribution in [3.63, 3.8) is 0 Å². The van der Waals surface area contributed by atoms with Gasteiger partial charge in [-0.25, -0.2) is 0 Å². The molecule has 0 bridgehead atoms. The fourth-order valence-corrected chi connectivity index (χ4v) is 3.72. The highest BCUT2D eigenvalue weighted by molar-refractivity contribution is 6.14. The topological polar surface area (TPSA) is 49.4 Å². The first-order valence-electron chi connectivity index (χ1n) is 8.86. The number of benzene rings is 2. The normalized spacial score (nSPS) is 20.0. The molecule has 4 nitrogen and oxygen atoms in total. The summed E-state index contributed by atoms with van der Waals surface area (Å²) >= 11 is 0. The summed E-state index contributed by atoms with van der Waals surface area (Å²) < 4.78 is 0. The van der Waals surface area contributed by atoms with E-state index in [2.05, 4.69) is 18.3 Å². The minimum absolute atomic E-state index is 0.0458. The van der Waals surface area contributed by atoms with E-state index in [-0.39, 0.29) is 17.9 Å². The van der Waals surface area contributed by atoms with E-state index in [0.29, 0.717) is 19.4 Å². The summed E-state index contributed by atoms with van der Waals surface area (Å²) in [6.45, 7) is 2.51. The van der Waals surface area contributed by atoms with Gasteiger partial charge in [-0.1, -0.05) is 48.5 Å². The Morgan fingerprint density at radius 2 is 1.76 bits per heavy atom. The van der Waals surface area contributed by atoms with Crippen LogP contribution in [0.1, 0.15) is 30.9 Å². The van der Waals surface area contributed by atoms with E-state index in [4.69, 9.17) is 0 Å². The van der Waals surface area contributed by atoms with Crippen LogP contribution in [0.3, 0.4) is 0 Å². The SMILES string of the molecule is CC1Cc2ccccc2N1C(=O)C1(C(=O)NCc2ccccc2)CC1. The second-order valence-corrected chi connectivity index (χ2v) is 7.11. The van der Waals surface area contributed by atoms with Crippen LogP contribution in [0.25, 0.3) is 0 Å². The average Bonchev–Trinajstić information content (AvgIpc) is 3.38. The molecule has 1 aliphatic heterocycles. The zero-order valence-electron chi connectivity index (χ0n) is 14.4. The van der Waals surface area contributed by atoms with E-state index in [0.717, 1.165) is 17.7 Å². The summed E-state index contributed by atoms with van der Waals surface area (Å²) in [5.74, 6) is -0.187. The second-order valence-electron chi connectivity index (χ2n) is 7.11. The van der Waals surface area contributed by atoms with Crippen molar-refractivity contribution in [3.05, 3.63) is 65.7 Å². The second kappa shape index (κ2) is 6.03. The van der Waals surface area contributed by atoms with Crippen LogP contribution in [-0.2, 0) is 22.6 Å². The standard InChI is InChI=1S/C21H22N2O2/c1-15-13-17-9-5-6-10-18(17)23(15)20(25)21(11-12-21)19(24)22-14-16-7-3-2-4-8-16/h2-10,15H,11-14H2,1H3,(H,22,24). The summed E-state index contributed by atoms with van der Waals surface area (Å²) in [5, 5.41) is 2.96. The molecule has 0 spiro atoms. The quantitative estimate of drug-likeness (QED) is 0.874. The predicted octanol–water partition coefficient (Wildman–Crippen LogP) is 3.06. The summed E-state index contributed by atoms with van der Waals surface area (Å²) in [4.78, 5) is 27.8. The van der Waals surface area contributed by atoms with Crippen LogP contribution in [-0.4, -0.2) is 17.9 Å². The molecule has 25 heavy (non-hydrogen) atoms. The van der Waals surface area contributed by atoms with Gasteiger partial charge in [0.05, 0.1) is 0 Å². The zero-order valence-corrected chi connectivity index (χ0v) is 14.4. The number of hydrogen-bond acceptors (Lipinski definition) is 2. The number of nitrogens with zero attached hydrogens (tertiary/aromatic N) is 1. The summed E-state index contributed by atoms with van der Waals surface area (Å²) in [6.07, 6.45) is 2.12. The maximum Gasteiger partial charge on any atom is 0.242 e. The Hall–Kier alpha value is -2.62. The van der Waals surface area contributed by atoms with E-state index in [1.165, 1.54) is 5.56 Å². The molecule has 1 fully saturated rings. The monoisotopic (exact) mass is 334 g/mol. The molecule has 2 aromatic rings. The molecule has 1 unspecified atom stereocenters. The van der Waals surface area contributed by atoms with Crippen molar-refractivity contribution in [1.82, 2.24) is 5.32 Å². The fraction of sp³-hybridized carbons (Fsp3) is 0.333. The highest BCUT2D eigenvalue weighted by Gasteiger charge is 2.59. The van der Waals surface area contributed by atoms with Crippen molar-refractivity contribution < 1.29 is 9.59 Å². The van der Waals surface area contributed by atoms with E-state index in [1.54, 1.807) is 0 Å². The number of hydrogen-bond donors (Lipinski definition) is 1. The van der Waals surface area contributed by atoms with Crippen LogP contribution in [0.5, 0.6) is 0 Å². The average molecular weight is 334 g/mol. The summed E-state index contributed by atoms with van der Waals surface area (Å²) in [7, 11) is 0. The lowest BCUT2D eigenvalue weighted by Crippen LogP contribution is -2.47. The molecule has 128 valence electrons. The number of amides is 2. The molecule has 1 saturated carbocycles. The number of carbonyl (C=O) groups excluding carboxylic acids is 2. The van der Waals surface area contributed by atoms with Gasteiger partial charge < -0.3 is 10.2 Å². The van der Waals surface area contributed by atoms with E-state index in [1.807, 2.05) is 53.4 Å². The number of carbonyl (C=O) groups is 2. The van der Waals surface area contributed by atoms with Crippen LogP contribution < -0.4 is 10.2 Å². The van der Waals surface area contributed by atoms with Crippen LogP contribution in [0.4, 0.5) is 5.69 Å². The van der Waals surface area contributed by atoms with Gasteiger partial charge in [-0.05, 0) is 43.4 Å². The van der Waals surface area contributed by atoms with Gasteiger partial charge in [0.15, 0.2) is 0 Å². The first-order chi connectivity index (χ1) is 12.1. The minimum Gasteiger partial charge on any atom is -0.351 e. The van der Waals surface area contributed by atoms with Gasteiger partial charge in [0.1, 0.15) is 5.41 Å². The van der Waals surface area contributed by atoms with Gasteiger partial charge in [-0.3, -0.25) is 9.59 Å². The van der Waals surface area contributed by atoms with Crippen molar-refractivity contribution in [2.75, 3.05) is 4.90 Å². The first-order valence-corrected chi connectivity index (χ1v) is 8.86. The van der Waals surface area contributed by atoms with Gasteiger partial charge >= 0.3 is 0 Å². The van der Waals surface area contributed by atoms with Gasteiger partial charge in [-0.15, -0.1) is 0 Å². The molecule has 1 atom stereocenters. The van der Waals surface area contributed by atoms with E-state index < -0.39 is 5.41 Å². The van der Waals surface area contributed by atoms with Crippen LogP contribution in [0, 0.1) is 5.41 Å². The zero-order chi connectivity index (χ0) is 17.4. The van der Waals surface area contributed by atoms with Crippen molar-refractivity contribution >= 4 is 17.5 Å². The third kappa shape index (κ3) is 2.72. The number of nitrogens with one attached hydrogen (secondary N) is 1. The van der Waals surface area contributed by atoms with Crippen molar-refractivity contribution in [2.45, 2.75) is 38.8 Å². The number of anilines is 1. The smallest absolute Gasteiger partial charge is 0.242 e. The lowest BCUT2D eigenvalue weighted by atomic mass is 10.0. The number of para-hydroxylation sites is 1. The lowest BCUT2D eigenvalue weighted by Gasteiger charge is -2.27. The molecule has 4 heteroatoms. The highest BCUT2D eigenvalue weighted by atomic mass is 16.2. The van der Waals surface area contributed by atoms with Gasteiger partial charge in [-0.2, -0.15) is 0 Å². The maximum atomic E-state index is 13.2. The Kier molecular flexibility index (Phi) is 3.83. The third-order valence-corrected chi connectivity index (χ3v) is 5.32. The third-order valence-electron chi connectivity index (χ3n) is 5.32. The fourth-order valence-electron chi connectivity index (χ4n) is 3.72. The maximum absolute atomic E-state index is 13.2. The molecular formula is C21H22N2O2. The Labute approximate surface area is 147 Å². The van der Waals surface area contributed by atoms with Crippen molar-refractivity contribution in [2.24, 2.45) is 5.41 Å². The molecule has 2 aromatic carbocycles. The molecule has 2 amide bonds. The Morgan fingerprint density at radius 1 is 1.08 bits per heavy atom. The van der Waals surface area contributed by atoms with Crippen LogP contribution >= 0.6 is 0 Å². The Bertz CT molecular complexity index is 812. The largest absolute Gasteiger partial charge is 0.351 e. The first kappa shape index (κ1) is 15.9. The summed E-state index contributed by atoms with van der Waals surface area (Å²) in [5.41, 5.74) is 2.31. The lowest BCUT2D eigenvalue weighted by molar-refractivity contribution is -0.136. The number of rotatable bonds is 4. The molecule has 1 aliphatic carbocycles. The molecular weight excluding hydrogens is 312 g/mol. The van der Waals surface area contributed by atoms with Crippen LogP contribution in [0.2, 0.25) is 0 Å². The van der Waals surface area contributed by atoms with Crippen molar-refractivity contribution in [1.29, 1.82) is 0 Å². The molecule has 2 aliphatic rings. The van der Waals surface area contributed by atoms with Crippen LogP contribution in [0.15, 0.2) is 54.6 Å². The van der Waals surface area contributed by atoms with Gasteiger partial charge in [0.2, 0.25) is 11.8 Å². The summed E-state index contributed by atoms with van der Waals surface area (Å²) in [6, 6.07) is 17.9. The highest BCUT2D eigenvalue weighted by Crippen LogP contribution is 2.50. The van der Waals surface area contributed by atoms with E-state index >= 15 is 0 Å². The molecule has 0 saturated heterocycles. The molecule has 0 radical (unpaired) electrons. The molecule has 0 aromatic heterocycles. The molecule has 4 rings (SSSR count). The minimum atomic E-state index is -0.875. The predicted molar refractivity (Wildman–Crippen MR) is 97.0 cm³/mol. The van der Waals surface area contributed by atoms with E-state index in [9.17, 15) is 9.59 Å². The molecule has 1 heterocycles. The van der Waals surface area contributed by atoms with Crippen molar-refractivity contribution in [3.8, 4) is 0 Å². The number of fused-ring (bicyclic) bond motifs is 1. The Balaban J connectivity index is 1.51. The Morgan fingerprint density at radius 3 is 2.48 bits per heavy atom. The van der Waals surface area contributed by atoms with Gasteiger partial charge in [0.25, 0.3) is 0 Å². The van der Waals surface area contributed by atoms with Gasteiger partial charge in [0, 0.05) is 18.3 Å². The molecule has 1 N–H and O–H groups in total.